The van der Waals surface area contributed by atoms with Crippen LogP contribution >= 0.6 is 0 Å². The summed E-state index contributed by atoms with van der Waals surface area (Å²) >= 11 is 0. The van der Waals surface area contributed by atoms with Crippen LogP contribution in [-0.4, -0.2) is 81.5 Å². The number of carbonyl (C=O) groups is 1. The molecule has 130 valence electrons. The van der Waals surface area contributed by atoms with Crippen LogP contribution in [0.4, 0.5) is 10.7 Å². The number of rotatable bonds is 5. The molecule has 1 aromatic heterocycles. The van der Waals surface area contributed by atoms with Gasteiger partial charge in [-0.1, -0.05) is 5.10 Å². The molecule has 0 atom stereocenters. The number of nitrogens with zero attached hydrogens (tertiary/aromatic N) is 6. The fourth-order valence-electron chi connectivity index (χ4n) is 2.63. The van der Waals surface area contributed by atoms with Crippen LogP contribution in [-0.2, 0) is 4.74 Å². The molecule has 0 saturated carbocycles. The first-order valence-electron chi connectivity index (χ1n) is 7.93. The maximum absolute atomic E-state index is 12.3. The molecular formula is C14H27N7O2. The van der Waals surface area contributed by atoms with E-state index in [2.05, 4.69) is 39.5 Å². The fraction of sp³-hybridized carbons (Fsp3) is 0.857. The van der Waals surface area contributed by atoms with Crippen LogP contribution in [0.1, 0.15) is 33.7 Å². The second kappa shape index (κ2) is 7.22. The van der Waals surface area contributed by atoms with E-state index in [1.807, 2.05) is 13.8 Å². The lowest BCUT2D eigenvalue weighted by molar-refractivity contribution is 0.0103. The molecule has 1 aliphatic rings. The number of anilines is 1. The maximum Gasteiger partial charge on any atom is 0.324 e. The number of ether oxygens (including phenoxy) is 1. The van der Waals surface area contributed by atoms with Gasteiger partial charge in [-0.2, -0.15) is 4.80 Å². The van der Waals surface area contributed by atoms with E-state index in [1.165, 1.54) is 4.80 Å². The van der Waals surface area contributed by atoms with Crippen molar-refractivity contribution in [2.45, 2.75) is 39.3 Å². The van der Waals surface area contributed by atoms with Crippen molar-refractivity contribution in [3.8, 4) is 0 Å². The number of urea groups is 1. The monoisotopic (exact) mass is 325 g/mol. The molecule has 0 aromatic carbocycles. The van der Waals surface area contributed by atoms with Gasteiger partial charge in [0.25, 0.3) is 5.95 Å². The van der Waals surface area contributed by atoms with Crippen molar-refractivity contribution in [3.63, 3.8) is 0 Å². The first-order chi connectivity index (χ1) is 10.8. The van der Waals surface area contributed by atoms with Gasteiger partial charge in [0.1, 0.15) is 0 Å². The van der Waals surface area contributed by atoms with Crippen molar-refractivity contribution in [3.05, 3.63) is 0 Å². The van der Waals surface area contributed by atoms with Gasteiger partial charge in [-0.05, 0) is 32.9 Å². The van der Waals surface area contributed by atoms with Crippen LogP contribution in [0.2, 0.25) is 0 Å². The number of aromatic nitrogens is 4. The molecule has 0 unspecified atom stereocenters. The second-order valence-corrected chi connectivity index (χ2v) is 6.68. The molecule has 1 aromatic rings. The topological polar surface area (TPSA) is 88.4 Å². The molecule has 2 rings (SSSR count). The van der Waals surface area contributed by atoms with Gasteiger partial charge in [0.2, 0.25) is 0 Å². The summed E-state index contributed by atoms with van der Waals surface area (Å²) in [5.41, 5.74) is -0.0289. The summed E-state index contributed by atoms with van der Waals surface area (Å²) in [6, 6.07) is -0.0720. The lowest BCUT2D eigenvalue weighted by atomic mass is 10.0. The van der Waals surface area contributed by atoms with Crippen LogP contribution in [0.3, 0.4) is 0 Å². The number of methoxy groups -OCH3 is 1. The molecule has 0 radical (unpaired) electrons. The van der Waals surface area contributed by atoms with Gasteiger partial charge in [0, 0.05) is 38.8 Å². The zero-order valence-electron chi connectivity index (χ0n) is 14.6. The van der Waals surface area contributed by atoms with E-state index in [9.17, 15) is 4.79 Å². The Morgan fingerprint density at radius 3 is 2.48 bits per heavy atom. The van der Waals surface area contributed by atoms with E-state index in [-0.39, 0.29) is 23.6 Å². The van der Waals surface area contributed by atoms with Crippen LogP contribution in [0.15, 0.2) is 0 Å². The molecule has 1 saturated heterocycles. The Kier molecular flexibility index (Phi) is 5.53. The lowest BCUT2D eigenvalue weighted by Gasteiger charge is -2.43. The minimum absolute atomic E-state index is 0.0289. The highest BCUT2D eigenvalue weighted by atomic mass is 16.5. The molecule has 23 heavy (non-hydrogen) atoms. The summed E-state index contributed by atoms with van der Waals surface area (Å²) in [6.45, 7) is 11.8. The SMILES string of the molecule is COCC(C)(C)N1CCN(C(=O)Nc2nnn(C(C)C)n2)CC1. The summed E-state index contributed by atoms with van der Waals surface area (Å²) in [7, 11) is 1.71. The number of amides is 2. The van der Waals surface area contributed by atoms with Crippen LogP contribution < -0.4 is 5.32 Å². The van der Waals surface area contributed by atoms with Crippen molar-refractivity contribution < 1.29 is 9.53 Å². The van der Waals surface area contributed by atoms with Crippen LogP contribution in [0.25, 0.3) is 0 Å². The molecule has 1 N–H and O–H groups in total. The maximum atomic E-state index is 12.3. The predicted molar refractivity (Wildman–Crippen MR) is 86.3 cm³/mol. The highest BCUT2D eigenvalue weighted by Gasteiger charge is 2.31. The molecule has 1 aliphatic heterocycles. The molecule has 0 aliphatic carbocycles. The third-order valence-electron chi connectivity index (χ3n) is 4.03. The average Bonchev–Trinajstić information content (AvgIpc) is 2.96. The van der Waals surface area contributed by atoms with Crippen molar-refractivity contribution >= 4 is 12.0 Å². The van der Waals surface area contributed by atoms with Crippen molar-refractivity contribution in [1.29, 1.82) is 0 Å². The minimum atomic E-state index is -0.183. The van der Waals surface area contributed by atoms with Crippen LogP contribution in [0.5, 0.6) is 0 Å². The van der Waals surface area contributed by atoms with E-state index in [1.54, 1.807) is 12.0 Å². The Bertz CT molecular complexity index is 521. The highest BCUT2D eigenvalue weighted by molar-refractivity contribution is 5.87. The molecule has 9 nitrogen and oxygen atoms in total. The molecule has 2 amide bonds. The smallest absolute Gasteiger partial charge is 0.324 e. The first-order valence-corrected chi connectivity index (χ1v) is 7.93. The van der Waals surface area contributed by atoms with E-state index in [0.29, 0.717) is 19.7 Å². The van der Waals surface area contributed by atoms with Crippen molar-refractivity contribution in [2.75, 3.05) is 45.2 Å². The van der Waals surface area contributed by atoms with E-state index in [4.69, 9.17) is 4.74 Å². The summed E-state index contributed by atoms with van der Waals surface area (Å²) in [6.07, 6.45) is 0. The highest BCUT2D eigenvalue weighted by Crippen LogP contribution is 2.17. The zero-order valence-corrected chi connectivity index (χ0v) is 14.6. The number of hydrogen-bond acceptors (Lipinski definition) is 6. The summed E-state index contributed by atoms with van der Waals surface area (Å²) in [5.74, 6) is 0.242. The molecule has 0 bridgehead atoms. The van der Waals surface area contributed by atoms with Gasteiger partial charge >= 0.3 is 6.03 Å². The lowest BCUT2D eigenvalue weighted by Crippen LogP contribution is -2.57. The van der Waals surface area contributed by atoms with Crippen molar-refractivity contribution in [2.24, 2.45) is 0 Å². The Morgan fingerprint density at radius 1 is 1.30 bits per heavy atom. The zero-order chi connectivity index (χ0) is 17.0. The average molecular weight is 325 g/mol. The standard InChI is InChI=1S/C14H27N7O2/c1-11(2)21-17-12(16-18-21)15-13(22)19-6-8-20(9-7-19)14(3,4)10-23-5/h11H,6-10H2,1-5H3,(H,15,17,22). The van der Waals surface area contributed by atoms with Gasteiger partial charge in [-0.15, -0.1) is 5.10 Å². The molecular weight excluding hydrogens is 298 g/mol. The van der Waals surface area contributed by atoms with E-state index < -0.39 is 0 Å². The third-order valence-corrected chi connectivity index (χ3v) is 4.03. The molecule has 0 spiro atoms. The Labute approximate surface area is 136 Å². The second-order valence-electron chi connectivity index (χ2n) is 6.68. The summed E-state index contributed by atoms with van der Waals surface area (Å²) in [5, 5.41) is 14.6. The quantitative estimate of drug-likeness (QED) is 0.862. The summed E-state index contributed by atoms with van der Waals surface area (Å²) < 4.78 is 5.27. The number of carbonyl (C=O) groups excluding carboxylic acids is 1. The Balaban J connectivity index is 1.85. The predicted octanol–water partition coefficient (Wildman–Crippen LogP) is 0.829. The summed E-state index contributed by atoms with van der Waals surface area (Å²) in [4.78, 5) is 17.9. The Hall–Kier alpha value is -1.74. The number of nitrogens with one attached hydrogen (secondary N) is 1. The first kappa shape index (κ1) is 17.6. The van der Waals surface area contributed by atoms with Crippen molar-refractivity contribution in [1.82, 2.24) is 30.0 Å². The minimum Gasteiger partial charge on any atom is -0.383 e. The largest absolute Gasteiger partial charge is 0.383 e. The van der Waals surface area contributed by atoms with Gasteiger partial charge in [-0.25, -0.2) is 4.79 Å². The van der Waals surface area contributed by atoms with E-state index >= 15 is 0 Å². The van der Waals surface area contributed by atoms with Gasteiger partial charge in [0.05, 0.1) is 12.6 Å². The van der Waals surface area contributed by atoms with E-state index in [0.717, 1.165) is 13.1 Å². The fourth-order valence-corrected chi connectivity index (χ4v) is 2.63. The third kappa shape index (κ3) is 4.38. The molecule has 1 fully saturated rings. The Morgan fingerprint density at radius 2 is 1.96 bits per heavy atom. The molecule has 2 heterocycles. The number of piperazine rings is 1. The number of tetrazole rings is 1. The molecule has 9 heteroatoms. The van der Waals surface area contributed by atoms with Gasteiger partial charge in [-0.3, -0.25) is 10.2 Å². The van der Waals surface area contributed by atoms with Gasteiger partial charge < -0.3 is 9.64 Å². The number of hydrogen-bond donors (Lipinski definition) is 1. The normalized spacial score (nSPS) is 16.9. The van der Waals surface area contributed by atoms with Gasteiger partial charge in [0.15, 0.2) is 0 Å². The van der Waals surface area contributed by atoms with Crippen LogP contribution in [0, 0.1) is 0 Å².